The lowest BCUT2D eigenvalue weighted by Crippen LogP contribution is -2.05. The maximum Gasteiger partial charge on any atom is 0.363 e. The Bertz CT molecular complexity index is 1110. The molecule has 0 atom stereocenters. The van der Waals surface area contributed by atoms with Gasteiger partial charge in [0.05, 0.1) is 14.2 Å². The standard InChI is InChI=1S/C25H21NO5/c1-28-21-14-18(13-20-25(27)31-24(26-20)19-11-7-4-8-12-19)15-22(29-2)23(21)30-16-17-9-5-3-6-10-17/h3-15H,16H2,1-2H3/b20-13-. The second-order valence-electron chi connectivity index (χ2n) is 6.73. The first-order valence-electron chi connectivity index (χ1n) is 9.68. The summed E-state index contributed by atoms with van der Waals surface area (Å²) in [6.45, 7) is 0.366. The number of carbonyl (C=O) groups is 1. The Balaban J connectivity index is 1.63. The van der Waals surface area contributed by atoms with Crippen molar-refractivity contribution in [1.29, 1.82) is 0 Å². The van der Waals surface area contributed by atoms with Crippen molar-refractivity contribution in [1.82, 2.24) is 0 Å². The molecule has 156 valence electrons. The summed E-state index contributed by atoms with van der Waals surface area (Å²) in [4.78, 5) is 16.6. The highest BCUT2D eigenvalue weighted by Crippen LogP contribution is 2.40. The molecule has 0 radical (unpaired) electrons. The van der Waals surface area contributed by atoms with Gasteiger partial charge in [0.2, 0.25) is 11.6 Å². The topological polar surface area (TPSA) is 66.4 Å². The Kier molecular flexibility index (Phi) is 5.98. The molecule has 0 saturated heterocycles. The summed E-state index contributed by atoms with van der Waals surface area (Å²) in [6, 6.07) is 22.6. The average Bonchev–Trinajstić information content (AvgIpc) is 3.18. The molecule has 0 spiro atoms. The summed E-state index contributed by atoms with van der Waals surface area (Å²) in [7, 11) is 3.10. The molecule has 1 aliphatic heterocycles. The van der Waals surface area contributed by atoms with Gasteiger partial charge >= 0.3 is 5.97 Å². The number of esters is 1. The lowest BCUT2D eigenvalue weighted by atomic mass is 10.1. The number of benzene rings is 3. The second-order valence-corrected chi connectivity index (χ2v) is 6.73. The lowest BCUT2D eigenvalue weighted by molar-refractivity contribution is -0.129. The Morgan fingerprint density at radius 1 is 0.903 bits per heavy atom. The number of hydrogen-bond acceptors (Lipinski definition) is 6. The van der Waals surface area contributed by atoms with Crippen LogP contribution >= 0.6 is 0 Å². The molecular formula is C25H21NO5. The van der Waals surface area contributed by atoms with Gasteiger partial charge in [-0.05, 0) is 41.5 Å². The number of aliphatic imine (C=N–C) groups is 1. The van der Waals surface area contributed by atoms with Gasteiger partial charge in [-0.15, -0.1) is 0 Å². The first kappa shape index (κ1) is 20.2. The van der Waals surface area contributed by atoms with Crippen LogP contribution in [0.3, 0.4) is 0 Å². The van der Waals surface area contributed by atoms with E-state index in [0.717, 1.165) is 11.1 Å². The smallest absolute Gasteiger partial charge is 0.363 e. The number of nitrogens with zero attached hydrogens (tertiary/aromatic N) is 1. The first-order chi connectivity index (χ1) is 15.2. The van der Waals surface area contributed by atoms with E-state index < -0.39 is 5.97 Å². The van der Waals surface area contributed by atoms with Crippen LogP contribution < -0.4 is 14.2 Å². The zero-order chi connectivity index (χ0) is 21.6. The summed E-state index contributed by atoms with van der Waals surface area (Å²) in [5.74, 6) is 1.22. The molecule has 0 saturated carbocycles. The van der Waals surface area contributed by atoms with Crippen LogP contribution in [-0.4, -0.2) is 26.1 Å². The molecule has 1 heterocycles. The number of methoxy groups -OCH3 is 2. The fourth-order valence-electron chi connectivity index (χ4n) is 3.13. The van der Waals surface area contributed by atoms with Crippen molar-refractivity contribution in [3.05, 3.63) is 95.2 Å². The minimum Gasteiger partial charge on any atom is -0.493 e. The number of ether oxygens (including phenoxy) is 4. The van der Waals surface area contributed by atoms with Crippen molar-refractivity contribution in [2.24, 2.45) is 4.99 Å². The van der Waals surface area contributed by atoms with Gasteiger partial charge in [0.25, 0.3) is 0 Å². The van der Waals surface area contributed by atoms with E-state index >= 15 is 0 Å². The zero-order valence-electron chi connectivity index (χ0n) is 17.2. The highest BCUT2D eigenvalue weighted by Gasteiger charge is 2.24. The third kappa shape index (κ3) is 4.59. The van der Waals surface area contributed by atoms with Crippen molar-refractivity contribution in [2.45, 2.75) is 6.61 Å². The SMILES string of the molecule is COc1cc(/C=C2\N=C(c3ccccc3)OC2=O)cc(OC)c1OCc1ccccc1. The monoisotopic (exact) mass is 415 g/mol. The van der Waals surface area contributed by atoms with Crippen LogP contribution in [0.4, 0.5) is 0 Å². The highest BCUT2D eigenvalue weighted by atomic mass is 16.6. The van der Waals surface area contributed by atoms with Crippen LogP contribution in [0.1, 0.15) is 16.7 Å². The van der Waals surface area contributed by atoms with Gasteiger partial charge in [0, 0.05) is 5.56 Å². The largest absolute Gasteiger partial charge is 0.493 e. The fourth-order valence-corrected chi connectivity index (χ4v) is 3.13. The molecule has 0 unspecified atom stereocenters. The Labute approximate surface area is 180 Å². The Hall–Kier alpha value is -4.06. The van der Waals surface area contributed by atoms with Crippen LogP contribution in [0.25, 0.3) is 6.08 Å². The molecule has 3 aromatic rings. The third-order valence-electron chi connectivity index (χ3n) is 4.65. The van der Waals surface area contributed by atoms with Crippen molar-refractivity contribution < 1.29 is 23.7 Å². The van der Waals surface area contributed by atoms with Gasteiger partial charge in [-0.3, -0.25) is 0 Å². The molecule has 31 heavy (non-hydrogen) atoms. The predicted molar refractivity (Wildman–Crippen MR) is 117 cm³/mol. The molecule has 0 aromatic heterocycles. The van der Waals surface area contributed by atoms with Crippen LogP contribution in [0.5, 0.6) is 17.2 Å². The number of carbonyl (C=O) groups excluding carboxylic acids is 1. The zero-order valence-corrected chi connectivity index (χ0v) is 17.2. The van der Waals surface area contributed by atoms with Crippen LogP contribution in [-0.2, 0) is 16.1 Å². The number of rotatable bonds is 7. The van der Waals surface area contributed by atoms with Gasteiger partial charge in [-0.2, -0.15) is 0 Å². The van der Waals surface area contributed by atoms with Gasteiger partial charge in [0.1, 0.15) is 6.61 Å². The van der Waals surface area contributed by atoms with Crippen molar-refractivity contribution in [3.8, 4) is 17.2 Å². The lowest BCUT2D eigenvalue weighted by Gasteiger charge is -2.15. The minimum absolute atomic E-state index is 0.195. The van der Waals surface area contributed by atoms with E-state index in [2.05, 4.69) is 4.99 Å². The summed E-state index contributed by atoms with van der Waals surface area (Å²) < 4.78 is 22.3. The molecule has 3 aromatic carbocycles. The summed E-state index contributed by atoms with van der Waals surface area (Å²) in [5.41, 5.74) is 2.63. The fraction of sp³-hybridized carbons (Fsp3) is 0.120. The van der Waals surface area contributed by atoms with Gasteiger partial charge in [-0.1, -0.05) is 48.5 Å². The molecule has 0 aliphatic carbocycles. The van der Waals surface area contributed by atoms with E-state index in [1.165, 1.54) is 0 Å². The van der Waals surface area contributed by atoms with Crippen molar-refractivity contribution in [3.63, 3.8) is 0 Å². The summed E-state index contributed by atoms with van der Waals surface area (Å²) >= 11 is 0. The van der Waals surface area contributed by atoms with Crippen LogP contribution in [0, 0.1) is 0 Å². The minimum atomic E-state index is -0.513. The van der Waals surface area contributed by atoms with Crippen LogP contribution in [0.15, 0.2) is 83.5 Å². The van der Waals surface area contributed by atoms with E-state index in [9.17, 15) is 4.79 Å². The van der Waals surface area contributed by atoms with Crippen LogP contribution in [0.2, 0.25) is 0 Å². The van der Waals surface area contributed by atoms with Gasteiger partial charge in [-0.25, -0.2) is 9.79 Å². The normalized spacial score (nSPS) is 14.2. The Morgan fingerprint density at radius 2 is 1.52 bits per heavy atom. The molecule has 0 N–H and O–H groups in total. The molecule has 0 bridgehead atoms. The first-order valence-corrected chi connectivity index (χ1v) is 9.68. The quantitative estimate of drug-likeness (QED) is 0.416. The second kappa shape index (κ2) is 9.17. The number of hydrogen-bond donors (Lipinski definition) is 0. The molecular weight excluding hydrogens is 394 g/mol. The van der Waals surface area contributed by atoms with E-state index in [1.54, 1.807) is 32.4 Å². The predicted octanol–water partition coefficient (Wildman–Crippen LogP) is 4.63. The summed E-state index contributed by atoms with van der Waals surface area (Å²) in [6.07, 6.45) is 1.63. The average molecular weight is 415 g/mol. The molecule has 1 aliphatic rings. The molecule has 0 fully saturated rings. The molecule has 6 heteroatoms. The van der Waals surface area contributed by atoms with E-state index in [1.807, 2.05) is 60.7 Å². The number of cyclic esters (lactones) is 1. The van der Waals surface area contributed by atoms with Gasteiger partial charge in [0.15, 0.2) is 17.2 Å². The third-order valence-corrected chi connectivity index (χ3v) is 4.65. The summed E-state index contributed by atoms with van der Waals surface area (Å²) in [5, 5.41) is 0. The molecule has 6 nitrogen and oxygen atoms in total. The molecule has 4 rings (SSSR count). The van der Waals surface area contributed by atoms with Gasteiger partial charge < -0.3 is 18.9 Å². The molecule has 0 amide bonds. The van der Waals surface area contributed by atoms with E-state index in [0.29, 0.717) is 29.4 Å². The van der Waals surface area contributed by atoms with Crippen molar-refractivity contribution >= 4 is 17.9 Å². The maximum atomic E-state index is 12.3. The van der Waals surface area contributed by atoms with E-state index in [4.69, 9.17) is 18.9 Å². The maximum absolute atomic E-state index is 12.3. The highest BCUT2D eigenvalue weighted by molar-refractivity contribution is 6.12. The Morgan fingerprint density at radius 3 is 2.13 bits per heavy atom. The van der Waals surface area contributed by atoms with Crippen molar-refractivity contribution in [2.75, 3.05) is 14.2 Å². The van der Waals surface area contributed by atoms with E-state index in [-0.39, 0.29) is 11.6 Å².